The lowest BCUT2D eigenvalue weighted by Gasteiger charge is -2.19. The van der Waals surface area contributed by atoms with E-state index >= 15 is 0 Å². The number of nitrogens with one attached hydrogen (secondary N) is 1. The van der Waals surface area contributed by atoms with Crippen molar-refractivity contribution in [1.82, 2.24) is 5.32 Å². The standard InChI is InChI=1S/C17H21NO5S2/c1-4-16(19)18-11-15(25(20,21)17-6-5-9-24-17)12-7-8-13(22-2)14(10-12)23-3/h5-10,15H,4,11H2,1-3H3,(H,18,19)/t15-/m0/s1. The van der Waals surface area contributed by atoms with Crippen molar-refractivity contribution in [1.29, 1.82) is 0 Å². The summed E-state index contributed by atoms with van der Waals surface area (Å²) >= 11 is 1.15. The van der Waals surface area contributed by atoms with Crippen LogP contribution in [0.15, 0.2) is 39.9 Å². The van der Waals surface area contributed by atoms with Gasteiger partial charge in [-0.05, 0) is 29.1 Å². The molecule has 136 valence electrons. The summed E-state index contributed by atoms with van der Waals surface area (Å²) in [4.78, 5) is 11.6. The minimum atomic E-state index is -3.65. The van der Waals surface area contributed by atoms with Gasteiger partial charge in [-0.25, -0.2) is 8.42 Å². The van der Waals surface area contributed by atoms with Crippen LogP contribution in [-0.4, -0.2) is 35.1 Å². The molecule has 1 amide bonds. The second-order valence-electron chi connectivity index (χ2n) is 5.24. The van der Waals surface area contributed by atoms with E-state index in [2.05, 4.69) is 5.32 Å². The summed E-state index contributed by atoms with van der Waals surface area (Å²) in [5.41, 5.74) is 0.530. The first-order valence-electron chi connectivity index (χ1n) is 7.70. The number of amides is 1. The van der Waals surface area contributed by atoms with Crippen LogP contribution >= 0.6 is 11.3 Å². The number of thiophene rings is 1. The van der Waals surface area contributed by atoms with Crippen LogP contribution in [-0.2, 0) is 14.6 Å². The molecule has 0 fully saturated rings. The van der Waals surface area contributed by atoms with Gasteiger partial charge in [0.05, 0.1) is 14.2 Å². The molecule has 0 aliphatic rings. The molecule has 25 heavy (non-hydrogen) atoms. The normalized spacial score (nSPS) is 12.4. The Bertz CT molecular complexity index is 816. The zero-order valence-corrected chi connectivity index (χ0v) is 15.9. The summed E-state index contributed by atoms with van der Waals surface area (Å²) in [5.74, 6) is 0.746. The van der Waals surface area contributed by atoms with Gasteiger partial charge < -0.3 is 14.8 Å². The summed E-state index contributed by atoms with van der Waals surface area (Å²) in [6.45, 7) is 1.71. The molecular formula is C17H21NO5S2. The monoisotopic (exact) mass is 383 g/mol. The van der Waals surface area contributed by atoms with Crippen molar-refractivity contribution in [2.75, 3.05) is 20.8 Å². The summed E-state index contributed by atoms with van der Waals surface area (Å²) in [5, 5.41) is 3.48. The second-order valence-corrected chi connectivity index (χ2v) is 8.54. The first-order chi connectivity index (χ1) is 11.9. The molecule has 0 saturated heterocycles. The third-order valence-electron chi connectivity index (χ3n) is 3.74. The fourth-order valence-electron chi connectivity index (χ4n) is 2.36. The van der Waals surface area contributed by atoms with Crippen LogP contribution in [0.2, 0.25) is 0 Å². The van der Waals surface area contributed by atoms with Gasteiger partial charge in [0.15, 0.2) is 21.3 Å². The van der Waals surface area contributed by atoms with Gasteiger partial charge >= 0.3 is 0 Å². The minimum absolute atomic E-state index is 0.0115. The van der Waals surface area contributed by atoms with E-state index in [1.54, 1.807) is 42.6 Å². The van der Waals surface area contributed by atoms with Crippen molar-refractivity contribution >= 4 is 27.1 Å². The lowest BCUT2D eigenvalue weighted by Crippen LogP contribution is -2.31. The van der Waals surface area contributed by atoms with E-state index in [4.69, 9.17) is 9.47 Å². The maximum absolute atomic E-state index is 13.0. The van der Waals surface area contributed by atoms with Crippen LogP contribution in [0.1, 0.15) is 24.2 Å². The van der Waals surface area contributed by atoms with Gasteiger partial charge in [0.2, 0.25) is 5.91 Å². The topological polar surface area (TPSA) is 81.7 Å². The second kappa shape index (κ2) is 8.35. The third kappa shape index (κ3) is 4.32. The van der Waals surface area contributed by atoms with Crippen molar-refractivity contribution in [2.24, 2.45) is 0 Å². The van der Waals surface area contributed by atoms with E-state index in [9.17, 15) is 13.2 Å². The molecule has 2 rings (SSSR count). The Kier molecular flexibility index (Phi) is 6.44. The van der Waals surface area contributed by atoms with E-state index in [0.29, 0.717) is 17.1 Å². The number of ether oxygens (including phenoxy) is 2. The number of benzene rings is 1. The molecule has 1 N–H and O–H groups in total. The van der Waals surface area contributed by atoms with E-state index in [1.807, 2.05) is 0 Å². The van der Waals surface area contributed by atoms with Crippen LogP contribution in [0, 0.1) is 0 Å². The summed E-state index contributed by atoms with van der Waals surface area (Å²) < 4.78 is 36.8. The van der Waals surface area contributed by atoms with Crippen molar-refractivity contribution in [2.45, 2.75) is 22.8 Å². The Morgan fingerprint density at radius 3 is 2.48 bits per heavy atom. The van der Waals surface area contributed by atoms with Gasteiger partial charge in [0.1, 0.15) is 9.46 Å². The molecule has 0 aliphatic heterocycles. The molecule has 2 aromatic rings. The van der Waals surface area contributed by atoms with Crippen LogP contribution in [0.3, 0.4) is 0 Å². The Morgan fingerprint density at radius 2 is 1.92 bits per heavy atom. The number of hydrogen-bond donors (Lipinski definition) is 1. The number of methoxy groups -OCH3 is 2. The number of rotatable bonds is 8. The van der Waals surface area contributed by atoms with Crippen molar-refractivity contribution < 1.29 is 22.7 Å². The van der Waals surface area contributed by atoms with Crippen LogP contribution < -0.4 is 14.8 Å². The Balaban J connectivity index is 2.46. The summed E-state index contributed by atoms with van der Waals surface area (Å²) in [6, 6.07) is 8.22. The van der Waals surface area contributed by atoms with Crippen molar-refractivity contribution in [3.63, 3.8) is 0 Å². The minimum Gasteiger partial charge on any atom is -0.493 e. The van der Waals surface area contributed by atoms with Gasteiger partial charge in [-0.15, -0.1) is 11.3 Å². The number of hydrogen-bond acceptors (Lipinski definition) is 6. The highest BCUT2D eigenvalue weighted by atomic mass is 32.2. The molecule has 1 atom stereocenters. The Labute approximate surface area is 151 Å². The highest BCUT2D eigenvalue weighted by molar-refractivity contribution is 7.93. The average Bonchev–Trinajstić information content (AvgIpc) is 3.16. The van der Waals surface area contributed by atoms with Crippen LogP contribution in [0.25, 0.3) is 0 Å². The van der Waals surface area contributed by atoms with Crippen molar-refractivity contribution in [3.05, 3.63) is 41.3 Å². The molecule has 8 heteroatoms. The first kappa shape index (κ1) is 19.3. The maximum atomic E-state index is 13.0. The molecule has 1 heterocycles. The first-order valence-corrected chi connectivity index (χ1v) is 10.1. The quantitative estimate of drug-likeness (QED) is 0.758. The van der Waals surface area contributed by atoms with Gasteiger partial charge in [-0.1, -0.05) is 19.1 Å². The van der Waals surface area contributed by atoms with E-state index < -0.39 is 15.1 Å². The van der Waals surface area contributed by atoms with Gasteiger partial charge in [-0.2, -0.15) is 0 Å². The Hall–Kier alpha value is -2.06. The lowest BCUT2D eigenvalue weighted by molar-refractivity contribution is -0.120. The SMILES string of the molecule is CCC(=O)NC[C@@H](c1ccc(OC)c(OC)c1)S(=O)(=O)c1cccs1. The third-order valence-corrected chi connectivity index (χ3v) is 7.27. The average molecular weight is 383 g/mol. The number of carbonyl (C=O) groups excluding carboxylic acids is 1. The molecule has 1 aromatic carbocycles. The molecular weight excluding hydrogens is 362 g/mol. The molecule has 0 saturated carbocycles. The molecule has 0 unspecified atom stereocenters. The lowest BCUT2D eigenvalue weighted by atomic mass is 10.1. The summed E-state index contributed by atoms with van der Waals surface area (Å²) in [6.07, 6.45) is 0.289. The van der Waals surface area contributed by atoms with E-state index in [-0.39, 0.29) is 23.1 Å². The zero-order chi connectivity index (χ0) is 18.4. The predicted molar refractivity (Wildman–Crippen MR) is 97.1 cm³/mol. The van der Waals surface area contributed by atoms with Gasteiger partial charge in [0.25, 0.3) is 0 Å². The molecule has 0 aliphatic carbocycles. The molecule has 0 radical (unpaired) electrons. The fraction of sp³-hybridized carbons (Fsp3) is 0.353. The smallest absolute Gasteiger partial charge is 0.219 e. The highest BCUT2D eigenvalue weighted by Gasteiger charge is 2.31. The molecule has 1 aromatic heterocycles. The molecule has 0 bridgehead atoms. The predicted octanol–water partition coefficient (Wildman–Crippen LogP) is 2.81. The fourth-order valence-corrected chi connectivity index (χ4v) is 5.21. The molecule has 6 nitrogen and oxygen atoms in total. The largest absolute Gasteiger partial charge is 0.493 e. The maximum Gasteiger partial charge on any atom is 0.219 e. The molecule has 0 spiro atoms. The van der Waals surface area contributed by atoms with Crippen LogP contribution in [0.5, 0.6) is 11.5 Å². The van der Waals surface area contributed by atoms with Crippen molar-refractivity contribution in [3.8, 4) is 11.5 Å². The number of carbonyl (C=O) groups is 1. The van der Waals surface area contributed by atoms with Gasteiger partial charge in [-0.3, -0.25) is 4.79 Å². The highest BCUT2D eigenvalue weighted by Crippen LogP contribution is 2.36. The van der Waals surface area contributed by atoms with E-state index in [1.165, 1.54) is 14.2 Å². The van der Waals surface area contributed by atoms with Gasteiger partial charge in [0, 0.05) is 13.0 Å². The van der Waals surface area contributed by atoms with Crippen LogP contribution in [0.4, 0.5) is 0 Å². The van der Waals surface area contributed by atoms with E-state index in [0.717, 1.165) is 11.3 Å². The summed E-state index contributed by atoms with van der Waals surface area (Å²) in [7, 11) is -0.650. The zero-order valence-electron chi connectivity index (χ0n) is 14.3. The number of sulfone groups is 1. The Morgan fingerprint density at radius 1 is 1.20 bits per heavy atom.